The molecular formula is C22H24FN3O3. The molecule has 3 rings (SSSR count). The molecule has 0 radical (unpaired) electrons. The Morgan fingerprint density at radius 3 is 2.52 bits per heavy atom. The molecule has 0 unspecified atom stereocenters. The van der Waals surface area contributed by atoms with E-state index in [4.69, 9.17) is 0 Å². The number of benzene rings is 2. The van der Waals surface area contributed by atoms with Crippen LogP contribution in [0.5, 0.6) is 0 Å². The number of hydrogen-bond acceptors (Lipinski definition) is 3. The fourth-order valence-corrected chi connectivity index (χ4v) is 3.22. The minimum atomic E-state index is -0.510. The van der Waals surface area contributed by atoms with Crippen molar-refractivity contribution in [3.05, 3.63) is 59.9 Å². The van der Waals surface area contributed by atoms with Gasteiger partial charge in [0.2, 0.25) is 11.8 Å². The van der Waals surface area contributed by atoms with Crippen LogP contribution in [0, 0.1) is 11.7 Å². The molecule has 7 heteroatoms. The SMILES string of the molecule is CCCCN1C[C@@H](C(=O)Nc2ccc(C(=O)Nc3ccccc3F)cc2)CC1=O. The third kappa shape index (κ3) is 5.19. The lowest BCUT2D eigenvalue weighted by Gasteiger charge is -2.16. The van der Waals surface area contributed by atoms with Crippen molar-refractivity contribution >= 4 is 29.1 Å². The van der Waals surface area contributed by atoms with E-state index >= 15 is 0 Å². The summed E-state index contributed by atoms with van der Waals surface area (Å²) in [5.74, 6) is -1.52. The molecule has 1 atom stereocenters. The average molecular weight is 397 g/mol. The van der Waals surface area contributed by atoms with E-state index in [0.29, 0.717) is 24.3 Å². The third-order valence-corrected chi connectivity index (χ3v) is 4.90. The van der Waals surface area contributed by atoms with E-state index in [9.17, 15) is 18.8 Å². The first-order valence-corrected chi connectivity index (χ1v) is 9.72. The van der Waals surface area contributed by atoms with Crippen LogP contribution in [0.15, 0.2) is 48.5 Å². The smallest absolute Gasteiger partial charge is 0.255 e. The summed E-state index contributed by atoms with van der Waals surface area (Å²) in [6.07, 6.45) is 2.15. The lowest BCUT2D eigenvalue weighted by Crippen LogP contribution is -2.29. The molecule has 2 N–H and O–H groups in total. The summed E-state index contributed by atoms with van der Waals surface area (Å²) in [6, 6.07) is 12.3. The normalized spacial score (nSPS) is 16.0. The van der Waals surface area contributed by atoms with Crippen molar-refractivity contribution in [3.8, 4) is 0 Å². The maximum atomic E-state index is 13.7. The Morgan fingerprint density at radius 2 is 1.83 bits per heavy atom. The number of nitrogens with one attached hydrogen (secondary N) is 2. The summed E-state index contributed by atoms with van der Waals surface area (Å²) in [7, 11) is 0. The second kappa shape index (κ2) is 9.32. The summed E-state index contributed by atoms with van der Waals surface area (Å²) < 4.78 is 13.7. The molecule has 1 aliphatic rings. The van der Waals surface area contributed by atoms with E-state index in [1.165, 1.54) is 12.1 Å². The summed E-state index contributed by atoms with van der Waals surface area (Å²) >= 11 is 0. The number of halogens is 1. The number of rotatable bonds is 7. The molecule has 1 saturated heterocycles. The van der Waals surface area contributed by atoms with Gasteiger partial charge >= 0.3 is 0 Å². The zero-order chi connectivity index (χ0) is 20.8. The maximum absolute atomic E-state index is 13.7. The number of likely N-dealkylation sites (tertiary alicyclic amines) is 1. The Balaban J connectivity index is 1.56. The van der Waals surface area contributed by atoms with Gasteiger partial charge in [-0.2, -0.15) is 0 Å². The molecule has 3 amide bonds. The molecule has 6 nitrogen and oxygen atoms in total. The average Bonchev–Trinajstić information content (AvgIpc) is 3.09. The van der Waals surface area contributed by atoms with Crippen LogP contribution in [0.25, 0.3) is 0 Å². The summed E-state index contributed by atoms with van der Waals surface area (Å²) in [5, 5.41) is 5.31. The highest BCUT2D eigenvalue weighted by atomic mass is 19.1. The van der Waals surface area contributed by atoms with Gasteiger partial charge in [-0.3, -0.25) is 14.4 Å². The number of carbonyl (C=O) groups excluding carboxylic acids is 3. The second-order valence-corrected chi connectivity index (χ2v) is 7.09. The van der Waals surface area contributed by atoms with Crippen molar-refractivity contribution in [2.45, 2.75) is 26.2 Å². The highest BCUT2D eigenvalue weighted by molar-refractivity contribution is 6.05. The van der Waals surface area contributed by atoms with Crippen LogP contribution in [0.1, 0.15) is 36.5 Å². The quantitative estimate of drug-likeness (QED) is 0.748. The Labute approximate surface area is 169 Å². The first kappa shape index (κ1) is 20.5. The molecule has 2 aromatic carbocycles. The largest absolute Gasteiger partial charge is 0.342 e. The first-order valence-electron chi connectivity index (χ1n) is 9.72. The van der Waals surface area contributed by atoms with Crippen LogP contribution < -0.4 is 10.6 Å². The van der Waals surface area contributed by atoms with Crippen molar-refractivity contribution < 1.29 is 18.8 Å². The van der Waals surface area contributed by atoms with Crippen molar-refractivity contribution in [1.29, 1.82) is 0 Å². The fourth-order valence-electron chi connectivity index (χ4n) is 3.22. The van der Waals surface area contributed by atoms with Gasteiger partial charge in [0.05, 0.1) is 11.6 Å². The Hall–Kier alpha value is -3.22. The van der Waals surface area contributed by atoms with Crippen molar-refractivity contribution in [2.75, 3.05) is 23.7 Å². The molecule has 0 saturated carbocycles. The summed E-state index contributed by atoms with van der Waals surface area (Å²) in [4.78, 5) is 38.5. The van der Waals surface area contributed by atoms with Gasteiger partial charge in [0.25, 0.3) is 5.91 Å². The minimum absolute atomic E-state index is 0.0127. The van der Waals surface area contributed by atoms with Crippen LogP contribution in [0.4, 0.5) is 15.8 Å². The third-order valence-electron chi connectivity index (χ3n) is 4.90. The molecule has 2 aromatic rings. The fraction of sp³-hybridized carbons (Fsp3) is 0.318. The number of unbranched alkanes of at least 4 members (excludes halogenated alkanes) is 1. The highest BCUT2D eigenvalue weighted by Gasteiger charge is 2.33. The minimum Gasteiger partial charge on any atom is -0.342 e. The molecule has 0 bridgehead atoms. The first-order chi connectivity index (χ1) is 14.0. The Bertz CT molecular complexity index is 898. The Morgan fingerprint density at radius 1 is 1.10 bits per heavy atom. The summed E-state index contributed by atoms with van der Waals surface area (Å²) in [5.41, 5.74) is 0.985. The lowest BCUT2D eigenvalue weighted by atomic mass is 10.1. The summed E-state index contributed by atoms with van der Waals surface area (Å²) in [6.45, 7) is 3.18. The van der Waals surface area contributed by atoms with E-state index < -0.39 is 11.7 Å². The van der Waals surface area contributed by atoms with E-state index in [-0.39, 0.29) is 29.8 Å². The van der Waals surface area contributed by atoms with E-state index in [2.05, 4.69) is 17.6 Å². The molecule has 1 fully saturated rings. The van der Waals surface area contributed by atoms with Crippen molar-refractivity contribution in [1.82, 2.24) is 4.90 Å². The number of para-hydroxylation sites is 1. The molecule has 1 heterocycles. The van der Waals surface area contributed by atoms with Crippen LogP contribution in [-0.4, -0.2) is 35.7 Å². The maximum Gasteiger partial charge on any atom is 0.255 e. The second-order valence-electron chi connectivity index (χ2n) is 7.09. The lowest BCUT2D eigenvalue weighted by molar-refractivity contribution is -0.128. The van der Waals surface area contributed by atoms with Gasteiger partial charge in [0, 0.05) is 30.8 Å². The van der Waals surface area contributed by atoms with Crippen LogP contribution in [0.2, 0.25) is 0 Å². The number of amides is 3. The number of nitrogens with zero attached hydrogens (tertiary/aromatic N) is 1. The number of hydrogen-bond donors (Lipinski definition) is 2. The predicted octanol–water partition coefficient (Wildman–Crippen LogP) is 3.67. The van der Waals surface area contributed by atoms with Gasteiger partial charge in [-0.1, -0.05) is 25.5 Å². The zero-order valence-corrected chi connectivity index (χ0v) is 16.3. The van der Waals surface area contributed by atoms with E-state index in [0.717, 1.165) is 12.8 Å². The highest BCUT2D eigenvalue weighted by Crippen LogP contribution is 2.21. The zero-order valence-electron chi connectivity index (χ0n) is 16.3. The number of carbonyl (C=O) groups is 3. The van der Waals surface area contributed by atoms with Crippen LogP contribution >= 0.6 is 0 Å². The van der Waals surface area contributed by atoms with Gasteiger partial charge in [-0.25, -0.2) is 4.39 Å². The van der Waals surface area contributed by atoms with Crippen molar-refractivity contribution in [2.24, 2.45) is 5.92 Å². The van der Waals surface area contributed by atoms with Gasteiger partial charge in [0.15, 0.2) is 0 Å². The van der Waals surface area contributed by atoms with E-state index in [1.807, 2.05) is 0 Å². The van der Waals surface area contributed by atoms with E-state index in [1.54, 1.807) is 41.3 Å². The number of anilines is 2. The Kier molecular flexibility index (Phi) is 6.59. The standard InChI is InChI=1S/C22H24FN3O3/c1-2-3-12-26-14-16(13-20(26)27)22(29)24-17-10-8-15(9-11-17)21(28)25-19-7-5-4-6-18(19)23/h4-11,16H,2-3,12-14H2,1H3,(H,24,29)(H,25,28)/t16-/m0/s1. The van der Waals surface area contributed by atoms with Gasteiger partial charge < -0.3 is 15.5 Å². The molecule has 1 aliphatic heterocycles. The topological polar surface area (TPSA) is 78.5 Å². The molecule has 0 aliphatic carbocycles. The molecule has 152 valence electrons. The van der Waals surface area contributed by atoms with Gasteiger partial charge in [-0.15, -0.1) is 0 Å². The molecule has 0 aromatic heterocycles. The molecular weight excluding hydrogens is 373 g/mol. The van der Waals surface area contributed by atoms with Crippen molar-refractivity contribution in [3.63, 3.8) is 0 Å². The molecule has 0 spiro atoms. The van der Waals surface area contributed by atoms with Gasteiger partial charge in [0.1, 0.15) is 5.82 Å². The predicted molar refractivity (Wildman–Crippen MR) is 109 cm³/mol. The molecule has 29 heavy (non-hydrogen) atoms. The van der Waals surface area contributed by atoms with Crippen LogP contribution in [0.3, 0.4) is 0 Å². The van der Waals surface area contributed by atoms with Gasteiger partial charge in [-0.05, 0) is 42.8 Å². The van der Waals surface area contributed by atoms with Crippen LogP contribution in [-0.2, 0) is 9.59 Å². The monoisotopic (exact) mass is 397 g/mol.